The maximum absolute atomic E-state index is 6.05. The summed E-state index contributed by atoms with van der Waals surface area (Å²) in [6, 6.07) is 5.90. The van der Waals surface area contributed by atoms with Crippen LogP contribution in [0.15, 0.2) is 30.6 Å². The molecule has 1 aliphatic heterocycles. The van der Waals surface area contributed by atoms with Gasteiger partial charge in [0.2, 0.25) is 0 Å². The molecule has 3 heterocycles. The first-order valence-electron chi connectivity index (χ1n) is 6.61. The monoisotopic (exact) mass is 289 g/mol. The summed E-state index contributed by atoms with van der Waals surface area (Å²) in [5.74, 6) is 1.55. The maximum atomic E-state index is 6.05. The summed E-state index contributed by atoms with van der Waals surface area (Å²) in [6.07, 6.45) is 3.39. The van der Waals surface area contributed by atoms with Crippen LogP contribution in [0, 0.1) is 12.8 Å². The molecule has 1 N–H and O–H groups in total. The van der Waals surface area contributed by atoms with Crippen LogP contribution in [0.4, 0.5) is 11.5 Å². The fourth-order valence-electron chi connectivity index (χ4n) is 2.22. The van der Waals surface area contributed by atoms with E-state index in [0.717, 1.165) is 36.8 Å². The highest BCUT2D eigenvalue weighted by Crippen LogP contribution is 2.24. The van der Waals surface area contributed by atoms with Crippen LogP contribution >= 0.6 is 11.6 Å². The number of hydrogen-bond acceptors (Lipinski definition) is 5. The lowest BCUT2D eigenvalue weighted by molar-refractivity contribution is 0.425. The van der Waals surface area contributed by atoms with Crippen molar-refractivity contribution < 1.29 is 0 Å². The summed E-state index contributed by atoms with van der Waals surface area (Å²) in [6.45, 7) is 4.83. The zero-order chi connectivity index (χ0) is 13.9. The fourth-order valence-corrected chi connectivity index (χ4v) is 2.41. The molecule has 0 aromatic carbocycles. The van der Waals surface area contributed by atoms with Crippen LogP contribution in [-0.4, -0.2) is 34.8 Å². The van der Waals surface area contributed by atoms with Crippen LogP contribution in [0.5, 0.6) is 0 Å². The highest BCUT2D eigenvalue weighted by atomic mass is 35.5. The van der Waals surface area contributed by atoms with Gasteiger partial charge in [-0.25, -0.2) is 0 Å². The van der Waals surface area contributed by atoms with E-state index < -0.39 is 0 Å². The Morgan fingerprint density at radius 3 is 2.85 bits per heavy atom. The van der Waals surface area contributed by atoms with Crippen molar-refractivity contribution in [1.29, 1.82) is 0 Å². The van der Waals surface area contributed by atoms with Crippen LogP contribution in [0.2, 0.25) is 5.02 Å². The number of halogens is 1. The van der Waals surface area contributed by atoms with Gasteiger partial charge in [-0.05, 0) is 25.1 Å². The first-order valence-corrected chi connectivity index (χ1v) is 6.99. The molecule has 0 amide bonds. The average Bonchev–Trinajstić information content (AvgIpc) is 2.41. The molecule has 3 rings (SSSR count). The molecular formula is C14H16ClN5. The molecule has 1 aliphatic rings. The summed E-state index contributed by atoms with van der Waals surface area (Å²) in [5, 5.41) is 12.3. The molecule has 0 unspecified atom stereocenters. The number of aromatic nitrogens is 3. The summed E-state index contributed by atoms with van der Waals surface area (Å²) in [4.78, 5) is 6.20. The van der Waals surface area contributed by atoms with E-state index in [-0.39, 0.29) is 0 Å². The Morgan fingerprint density at radius 2 is 2.15 bits per heavy atom. The van der Waals surface area contributed by atoms with Gasteiger partial charge in [-0.2, -0.15) is 5.10 Å². The molecule has 0 atom stereocenters. The third-order valence-electron chi connectivity index (χ3n) is 3.42. The number of nitrogens with zero attached hydrogens (tertiary/aromatic N) is 4. The maximum Gasteiger partial charge on any atom is 0.151 e. The van der Waals surface area contributed by atoms with Crippen molar-refractivity contribution in [3.63, 3.8) is 0 Å². The van der Waals surface area contributed by atoms with E-state index >= 15 is 0 Å². The zero-order valence-electron chi connectivity index (χ0n) is 11.3. The van der Waals surface area contributed by atoms with Gasteiger partial charge >= 0.3 is 0 Å². The number of nitrogens with one attached hydrogen (secondary N) is 1. The Kier molecular flexibility index (Phi) is 3.69. The molecule has 0 spiro atoms. The quantitative estimate of drug-likeness (QED) is 0.936. The summed E-state index contributed by atoms with van der Waals surface area (Å²) in [5.41, 5.74) is 1.88. The molecule has 5 nitrogen and oxygen atoms in total. The second-order valence-electron chi connectivity index (χ2n) is 5.04. The summed E-state index contributed by atoms with van der Waals surface area (Å²) < 4.78 is 0. The molecule has 0 saturated carbocycles. The highest BCUT2D eigenvalue weighted by Gasteiger charge is 2.27. The van der Waals surface area contributed by atoms with Crippen LogP contribution in [0.3, 0.4) is 0 Å². The summed E-state index contributed by atoms with van der Waals surface area (Å²) in [7, 11) is 0. The lowest BCUT2D eigenvalue weighted by Gasteiger charge is -2.40. The first-order chi connectivity index (χ1) is 9.72. The molecule has 6 heteroatoms. The van der Waals surface area contributed by atoms with E-state index in [2.05, 4.69) is 25.4 Å². The van der Waals surface area contributed by atoms with Crippen molar-refractivity contribution in [2.24, 2.45) is 5.92 Å². The molecule has 2 aromatic heterocycles. The second kappa shape index (κ2) is 5.63. The Morgan fingerprint density at radius 1 is 1.30 bits per heavy atom. The highest BCUT2D eigenvalue weighted by molar-refractivity contribution is 6.33. The van der Waals surface area contributed by atoms with Gasteiger partial charge in [-0.3, -0.25) is 4.98 Å². The minimum absolute atomic E-state index is 0.599. The van der Waals surface area contributed by atoms with Crippen LogP contribution in [-0.2, 0) is 0 Å². The smallest absolute Gasteiger partial charge is 0.151 e. The Balaban J connectivity index is 1.49. The van der Waals surface area contributed by atoms with Gasteiger partial charge in [0.25, 0.3) is 0 Å². The van der Waals surface area contributed by atoms with Crippen molar-refractivity contribution >= 4 is 23.1 Å². The molecule has 1 saturated heterocycles. The fraction of sp³-hybridized carbons (Fsp3) is 0.357. The minimum atomic E-state index is 0.599. The van der Waals surface area contributed by atoms with E-state index in [9.17, 15) is 0 Å². The minimum Gasteiger partial charge on any atom is -0.383 e. The molecular weight excluding hydrogens is 274 g/mol. The van der Waals surface area contributed by atoms with Crippen LogP contribution < -0.4 is 10.2 Å². The molecule has 0 radical (unpaired) electrons. The van der Waals surface area contributed by atoms with Crippen LogP contribution in [0.1, 0.15) is 5.69 Å². The zero-order valence-corrected chi connectivity index (χ0v) is 12.0. The number of aryl methyl sites for hydroxylation is 1. The van der Waals surface area contributed by atoms with E-state index in [1.165, 1.54) is 0 Å². The third-order valence-corrected chi connectivity index (χ3v) is 3.72. The largest absolute Gasteiger partial charge is 0.383 e. The third kappa shape index (κ3) is 2.82. The lowest BCUT2D eigenvalue weighted by Crippen LogP contribution is -2.50. The van der Waals surface area contributed by atoms with E-state index in [1.54, 1.807) is 12.4 Å². The van der Waals surface area contributed by atoms with Gasteiger partial charge in [-0.15, -0.1) is 5.10 Å². The standard InChI is InChI=1S/C14H16ClN5/c1-10-2-3-14(19-18-10)20-8-11(9-20)6-17-13-4-5-16-7-12(13)15/h2-5,7,11H,6,8-9H2,1H3,(H,16,17). The topological polar surface area (TPSA) is 53.9 Å². The number of rotatable bonds is 4. The Labute approximate surface area is 123 Å². The Bertz CT molecular complexity index is 580. The van der Waals surface area contributed by atoms with Crippen molar-refractivity contribution in [1.82, 2.24) is 15.2 Å². The van der Waals surface area contributed by atoms with Crippen molar-refractivity contribution in [2.45, 2.75) is 6.92 Å². The molecule has 1 fully saturated rings. The average molecular weight is 290 g/mol. The van der Waals surface area contributed by atoms with Gasteiger partial charge in [-0.1, -0.05) is 11.6 Å². The molecule has 2 aromatic rings. The first kappa shape index (κ1) is 13.1. The predicted octanol–water partition coefficient (Wildman–Crippen LogP) is 2.38. The van der Waals surface area contributed by atoms with Gasteiger partial charge in [0, 0.05) is 37.9 Å². The molecule has 20 heavy (non-hydrogen) atoms. The van der Waals surface area contributed by atoms with Gasteiger partial charge in [0.05, 0.1) is 16.4 Å². The van der Waals surface area contributed by atoms with Crippen molar-refractivity contribution in [3.05, 3.63) is 41.3 Å². The Hall–Kier alpha value is -1.88. The normalized spacial score (nSPS) is 15.0. The molecule has 0 aliphatic carbocycles. The van der Waals surface area contributed by atoms with Gasteiger partial charge in [0.1, 0.15) is 0 Å². The second-order valence-corrected chi connectivity index (χ2v) is 5.45. The van der Waals surface area contributed by atoms with Crippen LogP contribution in [0.25, 0.3) is 0 Å². The van der Waals surface area contributed by atoms with Crippen molar-refractivity contribution in [2.75, 3.05) is 29.9 Å². The SMILES string of the molecule is Cc1ccc(N2CC(CNc3ccncc3Cl)C2)nn1. The van der Waals surface area contributed by atoms with E-state index in [4.69, 9.17) is 11.6 Å². The lowest BCUT2D eigenvalue weighted by atomic mass is 10.00. The molecule has 104 valence electrons. The number of pyridine rings is 1. The van der Waals surface area contributed by atoms with Gasteiger partial charge < -0.3 is 10.2 Å². The van der Waals surface area contributed by atoms with E-state index in [0.29, 0.717) is 10.9 Å². The molecule has 0 bridgehead atoms. The number of anilines is 2. The van der Waals surface area contributed by atoms with Gasteiger partial charge in [0.15, 0.2) is 5.82 Å². The summed E-state index contributed by atoms with van der Waals surface area (Å²) >= 11 is 6.05. The van der Waals surface area contributed by atoms with E-state index in [1.807, 2.05) is 25.1 Å². The number of hydrogen-bond donors (Lipinski definition) is 1. The predicted molar refractivity (Wildman–Crippen MR) is 80.2 cm³/mol. The van der Waals surface area contributed by atoms with Crippen molar-refractivity contribution in [3.8, 4) is 0 Å².